The Morgan fingerprint density at radius 2 is 1.40 bits per heavy atom. The average Bonchev–Trinajstić information content (AvgIpc) is 2.75. The third-order valence-electron chi connectivity index (χ3n) is 4.91. The van der Waals surface area contributed by atoms with Crippen LogP contribution in [-0.2, 0) is 35.2 Å². The fraction of sp³-hybridized carbons (Fsp3) is 0.455. The van der Waals surface area contributed by atoms with Crippen LogP contribution in [0.15, 0.2) is 30.3 Å². The van der Waals surface area contributed by atoms with Crippen molar-refractivity contribution < 1.29 is 39.0 Å². The molecule has 13 heteroatoms. The zero-order chi connectivity index (χ0) is 26.7. The van der Waals surface area contributed by atoms with Crippen LogP contribution in [0.25, 0.3) is 0 Å². The first-order valence-corrected chi connectivity index (χ1v) is 10.7. The van der Waals surface area contributed by atoms with Crippen LogP contribution >= 0.6 is 0 Å². The van der Waals surface area contributed by atoms with Crippen molar-refractivity contribution in [3.63, 3.8) is 0 Å². The standard InChI is InChI=1S/C22H31N5O8/c1-11(2)18(21(33)26-15(22(34)35)10-16(24)28)27-20(32)14(8-12-6-4-3-5-7-12)25-19(31)13(23)9-17(29)30/h3-7,11,13-15,18H,8-10,23H2,1-2H3,(H2,24,28)(H,25,31)(H,26,33)(H,27,32)(H,29,30)(H,34,35). The fourth-order valence-electron chi connectivity index (χ4n) is 3.07. The van der Waals surface area contributed by atoms with E-state index in [0.717, 1.165) is 0 Å². The van der Waals surface area contributed by atoms with Gasteiger partial charge in [-0.3, -0.25) is 24.0 Å². The molecule has 0 aliphatic carbocycles. The van der Waals surface area contributed by atoms with Gasteiger partial charge in [0.05, 0.1) is 18.9 Å². The topological polar surface area (TPSA) is 231 Å². The van der Waals surface area contributed by atoms with Crippen LogP contribution in [0.2, 0.25) is 0 Å². The molecule has 0 spiro atoms. The second kappa shape index (κ2) is 13.6. The van der Waals surface area contributed by atoms with E-state index in [1.165, 1.54) is 0 Å². The first-order chi connectivity index (χ1) is 16.3. The monoisotopic (exact) mass is 493 g/mol. The molecular formula is C22H31N5O8. The number of carboxylic acids is 2. The Hall–Kier alpha value is -4.00. The largest absolute Gasteiger partial charge is 0.481 e. The number of nitrogens with one attached hydrogen (secondary N) is 3. The lowest BCUT2D eigenvalue weighted by molar-refractivity contribution is -0.144. The summed E-state index contributed by atoms with van der Waals surface area (Å²) in [7, 11) is 0. The highest BCUT2D eigenvalue weighted by atomic mass is 16.4. The quantitative estimate of drug-likeness (QED) is 0.153. The minimum absolute atomic E-state index is 0.00403. The Morgan fingerprint density at radius 3 is 1.89 bits per heavy atom. The summed E-state index contributed by atoms with van der Waals surface area (Å²) < 4.78 is 0. The zero-order valence-corrected chi connectivity index (χ0v) is 19.4. The summed E-state index contributed by atoms with van der Waals surface area (Å²) in [6.07, 6.45) is -1.29. The molecule has 0 heterocycles. The molecule has 0 aromatic heterocycles. The van der Waals surface area contributed by atoms with Gasteiger partial charge in [-0.15, -0.1) is 0 Å². The van der Waals surface area contributed by atoms with Gasteiger partial charge in [0.1, 0.15) is 18.1 Å². The molecule has 35 heavy (non-hydrogen) atoms. The van der Waals surface area contributed by atoms with E-state index < -0.39 is 78.5 Å². The Balaban J connectivity index is 3.08. The molecule has 4 atom stereocenters. The SMILES string of the molecule is CC(C)C(NC(=O)C(Cc1ccccc1)NC(=O)C(N)CC(=O)O)C(=O)NC(CC(N)=O)C(=O)O. The van der Waals surface area contributed by atoms with Crippen LogP contribution < -0.4 is 27.4 Å². The van der Waals surface area contributed by atoms with Crippen molar-refractivity contribution in [1.82, 2.24) is 16.0 Å². The van der Waals surface area contributed by atoms with Gasteiger partial charge >= 0.3 is 11.9 Å². The molecule has 1 aromatic carbocycles. The van der Waals surface area contributed by atoms with Crippen molar-refractivity contribution in [2.75, 3.05) is 0 Å². The number of primary amides is 1. The van der Waals surface area contributed by atoms with E-state index in [0.29, 0.717) is 5.56 Å². The Bertz CT molecular complexity index is 937. The first-order valence-electron chi connectivity index (χ1n) is 10.7. The summed E-state index contributed by atoms with van der Waals surface area (Å²) in [6.45, 7) is 3.20. The van der Waals surface area contributed by atoms with E-state index in [1.54, 1.807) is 44.2 Å². The third kappa shape index (κ3) is 10.2. The number of carbonyl (C=O) groups is 6. The maximum Gasteiger partial charge on any atom is 0.326 e. The highest BCUT2D eigenvalue weighted by Crippen LogP contribution is 2.08. The molecule has 0 bridgehead atoms. The second-order valence-corrected chi connectivity index (χ2v) is 8.26. The van der Waals surface area contributed by atoms with Gasteiger partial charge in [0.15, 0.2) is 0 Å². The van der Waals surface area contributed by atoms with Crippen molar-refractivity contribution in [1.29, 1.82) is 0 Å². The van der Waals surface area contributed by atoms with E-state index in [2.05, 4.69) is 16.0 Å². The number of hydrogen-bond acceptors (Lipinski definition) is 7. The second-order valence-electron chi connectivity index (χ2n) is 8.26. The molecule has 192 valence electrons. The summed E-state index contributed by atoms with van der Waals surface area (Å²) in [6, 6.07) is 3.16. The lowest BCUT2D eigenvalue weighted by Crippen LogP contribution is -2.59. The number of nitrogens with two attached hydrogens (primary N) is 2. The number of amides is 4. The van der Waals surface area contributed by atoms with Gasteiger partial charge in [0.2, 0.25) is 23.6 Å². The van der Waals surface area contributed by atoms with Gasteiger partial charge in [-0.1, -0.05) is 44.2 Å². The predicted molar refractivity (Wildman–Crippen MR) is 122 cm³/mol. The Morgan fingerprint density at radius 1 is 0.829 bits per heavy atom. The third-order valence-corrected chi connectivity index (χ3v) is 4.91. The van der Waals surface area contributed by atoms with Crippen molar-refractivity contribution in [3.05, 3.63) is 35.9 Å². The van der Waals surface area contributed by atoms with Gasteiger partial charge in [-0.25, -0.2) is 4.79 Å². The molecule has 1 rings (SSSR count). The molecule has 1 aromatic rings. The molecule has 0 aliphatic rings. The first kappa shape index (κ1) is 29.0. The highest BCUT2D eigenvalue weighted by Gasteiger charge is 2.32. The molecule has 13 nitrogen and oxygen atoms in total. The minimum atomic E-state index is -1.59. The van der Waals surface area contributed by atoms with Gasteiger partial charge in [0, 0.05) is 6.42 Å². The summed E-state index contributed by atoms with van der Waals surface area (Å²) in [5.41, 5.74) is 11.3. The molecule has 9 N–H and O–H groups in total. The number of carboxylic acid groups (broad SMARTS) is 2. The van der Waals surface area contributed by atoms with Crippen LogP contribution in [0.4, 0.5) is 0 Å². The van der Waals surface area contributed by atoms with Crippen molar-refractivity contribution in [2.45, 2.75) is 57.3 Å². The van der Waals surface area contributed by atoms with Gasteiger partial charge < -0.3 is 37.6 Å². The van der Waals surface area contributed by atoms with Crippen molar-refractivity contribution in [2.24, 2.45) is 17.4 Å². The zero-order valence-electron chi connectivity index (χ0n) is 19.4. The summed E-state index contributed by atoms with van der Waals surface area (Å²) >= 11 is 0. The molecule has 0 radical (unpaired) electrons. The average molecular weight is 494 g/mol. The van der Waals surface area contributed by atoms with Crippen molar-refractivity contribution >= 4 is 35.6 Å². The molecular weight excluding hydrogens is 462 g/mol. The molecule has 0 fully saturated rings. The maximum absolute atomic E-state index is 13.1. The molecule has 4 amide bonds. The van der Waals surface area contributed by atoms with Gasteiger partial charge in [0.25, 0.3) is 0 Å². The summed E-state index contributed by atoms with van der Waals surface area (Å²) in [5.74, 6) is -6.74. The molecule has 0 aliphatic heterocycles. The van der Waals surface area contributed by atoms with Crippen LogP contribution in [0, 0.1) is 5.92 Å². The Labute approximate surface area is 201 Å². The summed E-state index contributed by atoms with van der Waals surface area (Å²) in [4.78, 5) is 71.6. The van der Waals surface area contributed by atoms with E-state index in [9.17, 15) is 33.9 Å². The highest BCUT2D eigenvalue weighted by molar-refractivity contribution is 5.95. The lowest BCUT2D eigenvalue weighted by Gasteiger charge is -2.27. The molecule has 0 saturated carbocycles. The normalized spacial score (nSPS) is 14.2. The molecule has 0 saturated heterocycles. The van der Waals surface area contributed by atoms with Crippen LogP contribution in [0.3, 0.4) is 0 Å². The molecule has 4 unspecified atom stereocenters. The van der Waals surface area contributed by atoms with Crippen molar-refractivity contribution in [3.8, 4) is 0 Å². The maximum atomic E-state index is 13.1. The lowest BCUT2D eigenvalue weighted by atomic mass is 10.00. The van der Waals surface area contributed by atoms with Gasteiger partial charge in [-0.2, -0.15) is 0 Å². The smallest absolute Gasteiger partial charge is 0.326 e. The van der Waals surface area contributed by atoms with Gasteiger partial charge in [-0.05, 0) is 11.5 Å². The predicted octanol–water partition coefficient (Wildman–Crippen LogP) is -1.90. The Kier molecular flexibility index (Phi) is 11.3. The van der Waals surface area contributed by atoms with Crippen LogP contribution in [-0.4, -0.2) is 69.9 Å². The van der Waals surface area contributed by atoms with E-state index in [-0.39, 0.29) is 6.42 Å². The van der Waals surface area contributed by atoms with Crippen LogP contribution in [0.5, 0.6) is 0 Å². The number of aliphatic carboxylic acids is 2. The number of rotatable bonds is 14. The minimum Gasteiger partial charge on any atom is -0.481 e. The van der Waals surface area contributed by atoms with E-state index in [4.69, 9.17) is 16.6 Å². The van der Waals surface area contributed by atoms with Crippen LogP contribution in [0.1, 0.15) is 32.3 Å². The number of carbonyl (C=O) groups excluding carboxylic acids is 4. The van der Waals surface area contributed by atoms with E-state index >= 15 is 0 Å². The fourth-order valence-corrected chi connectivity index (χ4v) is 3.07. The van der Waals surface area contributed by atoms with E-state index in [1.807, 2.05) is 0 Å². The number of hydrogen-bond donors (Lipinski definition) is 7. The number of benzene rings is 1. The summed E-state index contributed by atoms with van der Waals surface area (Å²) in [5, 5.41) is 25.2.